The number of nitrogens with one attached hydrogen (secondary N) is 1. The first-order valence-electron chi connectivity index (χ1n) is 14.8. The van der Waals surface area contributed by atoms with E-state index < -0.39 is 64.8 Å². The summed E-state index contributed by atoms with van der Waals surface area (Å²) in [5, 5.41) is 27.5. The Hall–Kier alpha value is -3.96. The quantitative estimate of drug-likeness (QED) is 0.375. The van der Waals surface area contributed by atoms with Crippen molar-refractivity contribution >= 4 is 21.4 Å². The Morgan fingerprint density at radius 1 is 1.18 bits per heavy atom. The molecule has 1 aromatic carbocycles. The van der Waals surface area contributed by atoms with Gasteiger partial charge in [0.15, 0.2) is 15.7 Å². The molecular formula is C31H35F3N6O4S. The summed E-state index contributed by atoms with van der Waals surface area (Å²) in [4.78, 5) is 19.6. The van der Waals surface area contributed by atoms with Gasteiger partial charge in [-0.2, -0.15) is 10.4 Å². The number of nitriles is 1. The van der Waals surface area contributed by atoms with E-state index in [4.69, 9.17) is 5.10 Å². The van der Waals surface area contributed by atoms with E-state index in [1.807, 2.05) is 23.1 Å². The van der Waals surface area contributed by atoms with E-state index in [-0.39, 0.29) is 35.4 Å². The molecule has 1 amide bonds. The summed E-state index contributed by atoms with van der Waals surface area (Å²) in [5.41, 5.74) is 2.39. The number of hydrogen-bond acceptors (Lipinski definition) is 8. The molecule has 2 aromatic heterocycles. The Bertz CT molecular complexity index is 1670. The van der Waals surface area contributed by atoms with Crippen molar-refractivity contribution in [1.82, 2.24) is 20.1 Å². The SMILES string of the molecule is CC(C)[C@@H](C#N)NC(=O)[C@@H]1CC(F)(F)CC[C@H]1c1nn(-c2ccc(F)cn2)c(CO)c1-c1ccc(N2CCS(=O)(=O)CC2)cc1. The zero-order valence-electron chi connectivity index (χ0n) is 25.0. The van der Waals surface area contributed by atoms with Crippen molar-refractivity contribution < 1.29 is 31.5 Å². The Labute approximate surface area is 259 Å². The first-order chi connectivity index (χ1) is 21.3. The van der Waals surface area contributed by atoms with Crippen molar-refractivity contribution in [2.45, 2.75) is 57.6 Å². The van der Waals surface area contributed by atoms with Gasteiger partial charge in [-0.15, -0.1) is 0 Å². The van der Waals surface area contributed by atoms with Crippen LogP contribution in [0, 0.1) is 29.0 Å². The third-order valence-corrected chi connectivity index (χ3v) is 10.2. The summed E-state index contributed by atoms with van der Waals surface area (Å²) in [7, 11) is -3.08. The number of rotatable bonds is 8. The lowest BCUT2D eigenvalue weighted by molar-refractivity contribution is -0.134. The number of aliphatic hydroxyl groups excluding tert-OH is 1. The van der Waals surface area contributed by atoms with E-state index in [2.05, 4.69) is 10.3 Å². The van der Waals surface area contributed by atoms with E-state index in [0.29, 0.717) is 29.9 Å². The highest BCUT2D eigenvalue weighted by molar-refractivity contribution is 7.91. The molecule has 1 aliphatic carbocycles. The minimum Gasteiger partial charge on any atom is -0.390 e. The number of anilines is 1. The molecule has 0 bridgehead atoms. The molecule has 10 nitrogen and oxygen atoms in total. The van der Waals surface area contributed by atoms with Crippen LogP contribution in [0.1, 0.15) is 50.4 Å². The highest BCUT2D eigenvalue weighted by atomic mass is 32.2. The van der Waals surface area contributed by atoms with Crippen LogP contribution in [0.3, 0.4) is 0 Å². The van der Waals surface area contributed by atoms with Crippen molar-refractivity contribution in [2.24, 2.45) is 11.8 Å². The first kappa shape index (κ1) is 32.4. The number of sulfone groups is 1. The average molecular weight is 645 g/mol. The maximum Gasteiger partial charge on any atom is 0.249 e. The minimum atomic E-state index is -3.11. The van der Waals surface area contributed by atoms with Crippen LogP contribution in [-0.4, -0.2) is 70.8 Å². The number of aliphatic hydroxyl groups is 1. The maximum absolute atomic E-state index is 14.8. The maximum atomic E-state index is 14.8. The zero-order chi connectivity index (χ0) is 32.5. The Morgan fingerprint density at radius 2 is 1.87 bits per heavy atom. The number of alkyl halides is 2. The molecule has 14 heteroatoms. The number of nitrogens with zero attached hydrogens (tertiary/aromatic N) is 5. The molecule has 0 unspecified atom stereocenters. The van der Waals surface area contributed by atoms with Gasteiger partial charge < -0.3 is 15.3 Å². The number of pyridine rings is 1. The molecular weight excluding hydrogens is 609 g/mol. The molecule has 45 heavy (non-hydrogen) atoms. The molecule has 3 heterocycles. The molecule has 1 aliphatic heterocycles. The predicted octanol–water partition coefficient (Wildman–Crippen LogP) is 3.98. The molecule has 3 atom stereocenters. The van der Waals surface area contributed by atoms with Gasteiger partial charge in [0.05, 0.1) is 47.7 Å². The third-order valence-electron chi connectivity index (χ3n) is 8.57. The molecule has 2 N–H and O–H groups in total. The highest BCUT2D eigenvalue weighted by Gasteiger charge is 2.47. The number of carbonyl (C=O) groups is 1. The second kappa shape index (κ2) is 12.8. The number of aromatic nitrogens is 3. The van der Waals surface area contributed by atoms with Crippen LogP contribution in [-0.2, 0) is 21.2 Å². The Morgan fingerprint density at radius 3 is 2.44 bits per heavy atom. The molecule has 0 radical (unpaired) electrons. The van der Waals surface area contributed by atoms with Gasteiger partial charge in [0, 0.05) is 43.1 Å². The van der Waals surface area contributed by atoms with E-state index in [1.54, 1.807) is 26.0 Å². The van der Waals surface area contributed by atoms with Crippen LogP contribution in [0.2, 0.25) is 0 Å². The lowest BCUT2D eigenvalue weighted by atomic mass is 9.73. The normalized spacial score (nSPS) is 21.7. The van der Waals surface area contributed by atoms with E-state index >= 15 is 0 Å². The van der Waals surface area contributed by atoms with Gasteiger partial charge in [0.25, 0.3) is 0 Å². The van der Waals surface area contributed by atoms with Gasteiger partial charge in [0.1, 0.15) is 11.9 Å². The van der Waals surface area contributed by atoms with Crippen molar-refractivity contribution in [1.29, 1.82) is 5.26 Å². The third kappa shape index (κ3) is 6.99. The minimum absolute atomic E-state index is 0.0459. The fourth-order valence-electron chi connectivity index (χ4n) is 6.03. The smallest absolute Gasteiger partial charge is 0.249 e. The summed E-state index contributed by atoms with van der Waals surface area (Å²) in [5.74, 6) is -6.37. The lowest BCUT2D eigenvalue weighted by Gasteiger charge is -2.35. The average Bonchev–Trinajstić information content (AvgIpc) is 3.39. The second-order valence-electron chi connectivity index (χ2n) is 12.0. The fourth-order valence-corrected chi connectivity index (χ4v) is 7.23. The summed E-state index contributed by atoms with van der Waals surface area (Å²) in [6.45, 7) is 3.65. The predicted molar refractivity (Wildman–Crippen MR) is 161 cm³/mol. The summed E-state index contributed by atoms with van der Waals surface area (Å²) in [6.07, 6.45) is -0.321. The van der Waals surface area contributed by atoms with E-state index in [9.17, 15) is 36.8 Å². The Balaban J connectivity index is 1.60. The van der Waals surface area contributed by atoms with Crippen LogP contribution in [0.4, 0.5) is 18.9 Å². The van der Waals surface area contributed by atoms with Crippen molar-refractivity contribution in [3.63, 3.8) is 0 Å². The van der Waals surface area contributed by atoms with Crippen LogP contribution < -0.4 is 10.2 Å². The molecule has 3 aromatic rings. The van der Waals surface area contributed by atoms with Gasteiger partial charge in [-0.1, -0.05) is 26.0 Å². The van der Waals surface area contributed by atoms with Crippen LogP contribution >= 0.6 is 0 Å². The highest BCUT2D eigenvalue weighted by Crippen LogP contribution is 2.48. The van der Waals surface area contributed by atoms with Crippen molar-refractivity contribution in [3.05, 3.63) is 59.8 Å². The fraction of sp³-hybridized carbons (Fsp3) is 0.484. The number of amides is 1. The first-order valence-corrected chi connectivity index (χ1v) is 16.6. The second-order valence-corrected chi connectivity index (χ2v) is 14.3. The largest absolute Gasteiger partial charge is 0.390 e. The number of hydrogen-bond donors (Lipinski definition) is 2. The summed E-state index contributed by atoms with van der Waals surface area (Å²) in [6, 6.07) is 10.9. The number of benzene rings is 1. The standard InChI is InChI=1S/C31H35F3N6O4S/c1-19(2)25(16-35)37-30(42)24-15-31(33,34)10-9-23(24)29-28(26(18-41)40(38-29)27-8-5-21(32)17-36-27)20-3-6-22(7-4-20)39-11-13-45(43,44)14-12-39/h3-8,17,19,23-25,41H,9-15,18H2,1-2H3,(H,37,42)/t23-,24-,25-/m1/s1. The van der Waals surface area contributed by atoms with E-state index in [1.165, 1.54) is 16.8 Å². The molecule has 1 saturated carbocycles. The molecule has 5 rings (SSSR count). The van der Waals surface area contributed by atoms with Gasteiger partial charge in [-0.05, 0) is 42.2 Å². The lowest BCUT2D eigenvalue weighted by Crippen LogP contribution is -2.46. The molecule has 2 aliphatic rings. The topological polar surface area (TPSA) is 141 Å². The molecule has 240 valence electrons. The van der Waals surface area contributed by atoms with Gasteiger partial charge in [-0.3, -0.25) is 4.79 Å². The summed E-state index contributed by atoms with van der Waals surface area (Å²) < 4.78 is 68.6. The van der Waals surface area contributed by atoms with Crippen LogP contribution in [0.5, 0.6) is 0 Å². The van der Waals surface area contributed by atoms with Crippen LogP contribution in [0.15, 0.2) is 42.6 Å². The summed E-state index contributed by atoms with van der Waals surface area (Å²) >= 11 is 0. The van der Waals surface area contributed by atoms with Gasteiger partial charge in [-0.25, -0.2) is 31.3 Å². The van der Waals surface area contributed by atoms with Crippen LogP contribution in [0.25, 0.3) is 16.9 Å². The van der Waals surface area contributed by atoms with Crippen molar-refractivity contribution in [2.75, 3.05) is 29.5 Å². The molecule has 0 spiro atoms. The monoisotopic (exact) mass is 644 g/mol. The number of carbonyl (C=O) groups excluding carboxylic acids is 1. The molecule has 1 saturated heterocycles. The van der Waals surface area contributed by atoms with Crippen molar-refractivity contribution in [3.8, 4) is 23.0 Å². The number of halogens is 3. The zero-order valence-corrected chi connectivity index (χ0v) is 25.8. The van der Waals surface area contributed by atoms with Gasteiger partial charge in [0.2, 0.25) is 11.8 Å². The molecule has 2 fully saturated rings. The Kier molecular flexibility index (Phi) is 9.23. The van der Waals surface area contributed by atoms with E-state index in [0.717, 1.165) is 11.9 Å². The van der Waals surface area contributed by atoms with Gasteiger partial charge >= 0.3 is 0 Å².